The normalized spacial score (nSPS) is 11.5. The molecule has 0 nitrogen and oxygen atoms in total. The van der Waals surface area contributed by atoms with Crippen LogP contribution in [0, 0.1) is 0 Å². The Morgan fingerprint density at radius 3 is 0.923 bits per heavy atom. The zero-order chi connectivity index (χ0) is 18.6. The molecule has 0 aliphatic heterocycles. The Morgan fingerprint density at radius 2 is 0.654 bits per heavy atom. The molecule has 0 aliphatic rings. The van der Waals surface area contributed by atoms with Crippen LogP contribution < -0.4 is 17.0 Å². The van der Waals surface area contributed by atoms with Gasteiger partial charge in [-0.2, -0.15) is 0 Å². The third-order valence-electron chi connectivity index (χ3n) is 6.31. The Bertz CT molecular complexity index is 229. The largest absolute Gasteiger partial charge is 1.00 e. The van der Waals surface area contributed by atoms with Gasteiger partial charge in [-0.1, -0.05) is 90.9 Å². The molecule has 160 valence electrons. The Balaban J connectivity index is 0. The van der Waals surface area contributed by atoms with E-state index in [0.29, 0.717) is 0 Å². The predicted molar refractivity (Wildman–Crippen MR) is 123 cm³/mol. The number of rotatable bonds is 20. The van der Waals surface area contributed by atoms with Gasteiger partial charge in [-0.3, -0.25) is 0 Å². The monoisotopic (exact) mass is 450 g/mol. The molecule has 0 spiro atoms. The molecule has 26 heavy (non-hydrogen) atoms. The lowest BCUT2D eigenvalue weighted by Crippen LogP contribution is -3.00. The molecule has 0 amide bonds. The molecule has 0 bridgehead atoms. The Hall–Kier alpha value is 0.910. The SMILES string of the molecule is CCCCCCCCCC[P+](CC)(CC)CCCCCCCCCC.[Br-]. The standard InChI is InChI=1S/C24H52P.BrH/c1-5-9-11-13-15-17-19-21-23-25(7-3,8-4)24-22-20-18-16-14-12-10-6-2;/h5-24H2,1-4H3;1H/q+1;/p-1. The first-order valence-corrected chi connectivity index (χ1v) is 14.6. The quantitative estimate of drug-likeness (QED) is 0.150. The van der Waals surface area contributed by atoms with Crippen molar-refractivity contribution < 1.29 is 17.0 Å². The van der Waals surface area contributed by atoms with Gasteiger partial charge in [0.05, 0.1) is 24.6 Å². The lowest BCUT2D eigenvalue weighted by molar-refractivity contribution is -0.00000577. The molecule has 0 fully saturated rings. The Morgan fingerprint density at radius 1 is 0.385 bits per heavy atom. The van der Waals surface area contributed by atoms with Crippen LogP contribution >= 0.6 is 7.26 Å². The van der Waals surface area contributed by atoms with E-state index in [1.165, 1.54) is 115 Å². The number of unbranched alkanes of at least 4 members (excludes halogenated alkanes) is 14. The van der Waals surface area contributed by atoms with Crippen molar-refractivity contribution in [3.8, 4) is 0 Å². The molecule has 0 heterocycles. The third kappa shape index (κ3) is 17.0. The lowest BCUT2D eigenvalue weighted by atomic mass is 10.1. The van der Waals surface area contributed by atoms with Crippen molar-refractivity contribution in [3.63, 3.8) is 0 Å². The average molecular weight is 452 g/mol. The average Bonchev–Trinajstić information content (AvgIpc) is 2.64. The van der Waals surface area contributed by atoms with E-state index in [-0.39, 0.29) is 17.0 Å². The van der Waals surface area contributed by atoms with Crippen LogP contribution in [-0.2, 0) is 0 Å². The molecular formula is C24H52BrP. The summed E-state index contributed by atoms with van der Waals surface area (Å²) in [6.07, 6.45) is 29.8. The first-order valence-electron chi connectivity index (χ1n) is 12.1. The minimum absolute atomic E-state index is 0. The maximum Gasteiger partial charge on any atom is 0.0594 e. The van der Waals surface area contributed by atoms with Crippen molar-refractivity contribution in [1.29, 1.82) is 0 Å². The number of hydrogen-bond donors (Lipinski definition) is 0. The highest BCUT2D eigenvalue weighted by atomic mass is 79.9. The van der Waals surface area contributed by atoms with Gasteiger partial charge in [-0.15, -0.1) is 0 Å². The van der Waals surface area contributed by atoms with E-state index in [0.717, 1.165) is 0 Å². The highest BCUT2D eigenvalue weighted by Crippen LogP contribution is 2.59. The van der Waals surface area contributed by atoms with Crippen LogP contribution in [0.15, 0.2) is 0 Å². The Labute approximate surface area is 179 Å². The first-order chi connectivity index (χ1) is 12.2. The molecule has 0 saturated heterocycles. The van der Waals surface area contributed by atoms with E-state index in [1.807, 2.05) is 0 Å². The van der Waals surface area contributed by atoms with E-state index >= 15 is 0 Å². The van der Waals surface area contributed by atoms with E-state index in [9.17, 15) is 0 Å². The van der Waals surface area contributed by atoms with E-state index in [1.54, 1.807) is 12.3 Å². The van der Waals surface area contributed by atoms with Gasteiger partial charge in [0.1, 0.15) is 0 Å². The van der Waals surface area contributed by atoms with Crippen molar-refractivity contribution in [3.05, 3.63) is 0 Å². The summed E-state index contributed by atoms with van der Waals surface area (Å²) >= 11 is 0. The van der Waals surface area contributed by atoms with Crippen LogP contribution in [0.5, 0.6) is 0 Å². The van der Waals surface area contributed by atoms with Crippen LogP contribution in [0.25, 0.3) is 0 Å². The van der Waals surface area contributed by atoms with Crippen molar-refractivity contribution in [2.75, 3.05) is 24.6 Å². The summed E-state index contributed by atoms with van der Waals surface area (Å²) in [7, 11) is -0.590. The summed E-state index contributed by atoms with van der Waals surface area (Å²) in [5.74, 6) is 0. The molecule has 2 heteroatoms. The van der Waals surface area contributed by atoms with Crippen LogP contribution in [-0.4, -0.2) is 24.6 Å². The van der Waals surface area contributed by atoms with Crippen LogP contribution in [0.3, 0.4) is 0 Å². The highest BCUT2D eigenvalue weighted by molar-refractivity contribution is 7.75. The van der Waals surface area contributed by atoms with Gasteiger partial charge in [-0.25, -0.2) is 0 Å². The second-order valence-electron chi connectivity index (χ2n) is 8.37. The zero-order valence-corrected chi connectivity index (χ0v) is 21.4. The van der Waals surface area contributed by atoms with Crippen molar-refractivity contribution in [1.82, 2.24) is 0 Å². The van der Waals surface area contributed by atoms with Crippen LogP contribution in [0.4, 0.5) is 0 Å². The Kier molecular flexibility index (Phi) is 24.9. The summed E-state index contributed by atoms with van der Waals surface area (Å²) < 4.78 is 0. The molecule has 0 aromatic rings. The smallest absolute Gasteiger partial charge is 0.0594 e. The van der Waals surface area contributed by atoms with E-state index in [2.05, 4.69) is 27.7 Å². The molecule has 0 atom stereocenters. The fraction of sp³-hybridized carbons (Fsp3) is 1.00. The third-order valence-corrected chi connectivity index (χ3v) is 11.5. The van der Waals surface area contributed by atoms with Crippen molar-refractivity contribution >= 4 is 7.26 Å². The molecule has 0 rings (SSSR count). The maximum absolute atomic E-state index is 2.49. The van der Waals surface area contributed by atoms with Crippen molar-refractivity contribution in [2.45, 2.75) is 130 Å². The van der Waals surface area contributed by atoms with Gasteiger partial charge in [0.25, 0.3) is 0 Å². The fourth-order valence-electron chi connectivity index (χ4n) is 4.13. The first kappa shape index (κ1) is 29.1. The number of hydrogen-bond acceptors (Lipinski definition) is 0. The summed E-state index contributed by atoms with van der Waals surface area (Å²) in [4.78, 5) is 0. The van der Waals surface area contributed by atoms with Gasteiger partial charge in [0.2, 0.25) is 0 Å². The van der Waals surface area contributed by atoms with Gasteiger partial charge >= 0.3 is 0 Å². The molecule has 0 radical (unpaired) electrons. The maximum atomic E-state index is 2.49. The van der Waals surface area contributed by atoms with Gasteiger partial charge in [0.15, 0.2) is 0 Å². The summed E-state index contributed by atoms with van der Waals surface area (Å²) in [5, 5.41) is 0. The molecule has 0 unspecified atom stereocenters. The minimum atomic E-state index is -0.590. The van der Waals surface area contributed by atoms with Crippen LogP contribution in [0.1, 0.15) is 130 Å². The summed E-state index contributed by atoms with van der Waals surface area (Å²) in [5.41, 5.74) is 0. The predicted octanol–water partition coefficient (Wildman–Crippen LogP) is 6.33. The summed E-state index contributed by atoms with van der Waals surface area (Å²) in [6, 6.07) is 0. The number of halogens is 1. The van der Waals surface area contributed by atoms with Crippen molar-refractivity contribution in [2.24, 2.45) is 0 Å². The van der Waals surface area contributed by atoms with Gasteiger partial charge in [0, 0.05) is 7.26 Å². The topological polar surface area (TPSA) is 0 Å². The second-order valence-corrected chi connectivity index (χ2v) is 13.2. The van der Waals surface area contributed by atoms with Gasteiger partial charge in [-0.05, 0) is 39.5 Å². The molecule has 0 aromatic carbocycles. The highest BCUT2D eigenvalue weighted by Gasteiger charge is 2.31. The molecule has 0 N–H and O–H groups in total. The molecule has 0 aromatic heterocycles. The van der Waals surface area contributed by atoms with Crippen LogP contribution in [0.2, 0.25) is 0 Å². The van der Waals surface area contributed by atoms with Gasteiger partial charge < -0.3 is 17.0 Å². The molecular weight excluding hydrogens is 399 g/mol. The molecule has 0 saturated carbocycles. The molecule has 0 aliphatic carbocycles. The minimum Gasteiger partial charge on any atom is -1.00 e. The lowest BCUT2D eigenvalue weighted by Gasteiger charge is -2.25. The fourth-order valence-corrected chi connectivity index (χ4v) is 7.85. The second kappa shape index (κ2) is 22.2. The van der Waals surface area contributed by atoms with E-state index < -0.39 is 7.26 Å². The summed E-state index contributed by atoms with van der Waals surface area (Å²) in [6.45, 7) is 9.61. The zero-order valence-electron chi connectivity index (χ0n) is 19.0. The van der Waals surface area contributed by atoms with E-state index in [4.69, 9.17) is 0 Å².